The van der Waals surface area contributed by atoms with E-state index in [1.807, 2.05) is 19.2 Å². The van der Waals surface area contributed by atoms with E-state index in [0.29, 0.717) is 24.0 Å². The van der Waals surface area contributed by atoms with E-state index in [4.69, 9.17) is 9.84 Å². The predicted molar refractivity (Wildman–Crippen MR) is 119 cm³/mol. The highest BCUT2D eigenvalue weighted by atomic mass is 16.5. The fourth-order valence-electron chi connectivity index (χ4n) is 4.35. The van der Waals surface area contributed by atoms with E-state index in [1.54, 1.807) is 6.20 Å². The molecular weight excluding hydrogens is 410 g/mol. The van der Waals surface area contributed by atoms with Crippen molar-refractivity contribution in [1.29, 1.82) is 0 Å². The van der Waals surface area contributed by atoms with Gasteiger partial charge in [-0.05, 0) is 43.3 Å². The molecule has 9 heteroatoms. The summed E-state index contributed by atoms with van der Waals surface area (Å²) in [5, 5.41) is 15.6. The molecule has 32 heavy (non-hydrogen) atoms. The maximum Gasteiger partial charge on any atom is 0.341 e. The zero-order valence-corrected chi connectivity index (χ0v) is 18.2. The molecule has 3 aliphatic rings. The number of esters is 1. The van der Waals surface area contributed by atoms with Gasteiger partial charge in [0, 0.05) is 37.8 Å². The average molecular weight is 440 g/mol. The van der Waals surface area contributed by atoms with Crippen molar-refractivity contribution >= 4 is 17.9 Å². The molecule has 1 saturated heterocycles. The van der Waals surface area contributed by atoms with Crippen LogP contribution >= 0.6 is 0 Å². The van der Waals surface area contributed by atoms with Crippen molar-refractivity contribution in [3.63, 3.8) is 0 Å². The van der Waals surface area contributed by atoms with Crippen LogP contribution in [0, 0.1) is 5.92 Å². The number of rotatable bonds is 8. The highest BCUT2D eigenvalue weighted by molar-refractivity contribution is 5.88. The Bertz CT molecular complexity index is 934. The van der Waals surface area contributed by atoms with Gasteiger partial charge in [0.1, 0.15) is 0 Å². The molecule has 3 N–H and O–H groups in total. The third kappa shape index (κ3) is 5.16. The lowest BCUT2D eigenvalue weighted by Crippen LogP contribution is -2.41. The van der Waals surface area contributed by atoms with E-state index in [2.05, 4.69) is 31.6 Å². The van der Waals surface area contributed by atoms with E-state index in [1.165, 1.54) is 12.4 Å². The summed E-state index contributed by atoms with van der Waals surface area (Å²) in [6, 6.07) is 0.487. The van der Waals surface area contributed by atoms with Crippen LogP contribution in [0.15, 0.2) is 48.0 Å². The van der Waals surface area contributed by atoms with Gasteiger partial charge in [-0.2, -0.15) is 0 Å². The lowest BCUT2D eigenvalue weighted by molar-refractivity contribution is -0.136. The summed E-state index contributed by atoms with van der Waals surface area (Å²) in [7, 11) is 1.98. The zero-order valence-electron chi connectivity index (χ0n) is 18.2. The van der Waals surface area contributed by atoms with Gasteiger partial charge in [0.25, 0.3) is 0 Å². The summed E-state index contributed by atoms with van der Waals surface area (Å²) in [6.07, 6.45) is 13.6. The van der Waals surface area contributed by atoms with Gasteiger partial charge < -0.3 is 25.4 Å². The molecule has 2 unspecified atom stereocenters. The van der Waals surface area contributed by atoms with Crippen molar-refractivity contribution in [1.82, 2.24) is 20.6 Å². The maximum absolute atomic E-state index is 12.4. The van der Waals surface area contributed by atoms with Crippen molar-refractivity contribution in [3.05, 3.63) is 53.5 Å². The first-order valence-corrected chi connectivity index (χ1v) is 11.0. The Hall–Kier alpha value is -3.20. The number of piperidine rings is 1. The average Bonchev–Trinajstić information content (AvgIpc) is 3.20. The Labute approximate surface area is 187 Å². The highest BCUT2D eigenvalue weighted by Crippen LogP contribution is 2.31. The second-order valence-corrected chi connectivity index (χ2v) is 8.36. The Morgan fingerprint density at radius 3 is 2.72 bits per heavy atom. The van der Waals surface area contributed by atoms with E-state index in [0.717, 1.165) is 37.1 Å². The van der Waals surface area contributed by atoms with E-state index < -0.39 is 11.9 Å². The van der Waals surface area contributed by atoms with E-state index >= 15 is 0 Å². The maximum atomic E-state index is 12.4. The Balaban J connectivity index is 1.27. The molecule has 1 aromatic rings. The van der Waals surface area contributed by atoms with Crippen molar-refractivity contribution < 1.29 is 19.4 Å². The van der Waals surface area contributed by atoms with E-state index in [-0.39, 0.29) is 25.0 Å². The summed E-state index contributed by atoms with van der Waals surface area (Å²) in [5.74, 6) is -0.656. The molecule has 2 aliphatic heterocycles. The van der Waals surface area contributed by atoms with Crippen LogP contribution in [-0.4, -0.2) is 65.8 Å². The second-order valence-electron chi connectivity index (χ2n) is 8.36. The number of ether oxygens (including phenoxy) is 1. The van der Waals surface area contributed by atoms with Crippen LogP contribution in [0.4, 0.5) is 5.95 Å². The number of hydrogen-bond acceptors (Lipinski definition) is 8. The third-order valence-corrected chi connectivity index (χ3v) is 6.21. The standard InChI is InChI=1S/C23H29N5O4/c1-28(18-4-7-24-8-5-18)23-26-13-17(14-27-23)22(31)32-9-6-15-2-3-20-19(10-15)16(12-25-20)11-21(29)30/h2-3,10,12-14,18-20,24-25H,4-9,11H2,1H3,(H,29,30). The van der Waals surface area contributed by atoms with Crippen molar-refractivity contribution in [2.45, 2.75) is 37.8 Å². The normalized spacial score (nSPS) is 22.4. The van der Waals surface area contributed by atoms with Crippen LogP contribution < -0.4 is 15.5 Å². The number of hydrogen-bond donors (Lipinski definition) is 3. The molecule has 0 saturated carbocycles. The minimum absolute atomic E-state index is 0.0175. The number of carbonyl (C=O) groups excluding carboxylic acids is 1. The van der Waals surface area contributed by atoms with Gasteiger partial charge in [0.2, 0.25) is 5.95 Å². The number of nitrogens with one attached hydrogen (secondary N) is 2. The van der Waals surface area contributed by atoms with Gasteiger partial charge in [0.15, 0.2) is 0 Å². The molecule has 0 spiro atoms. The van der Waals surface area contributed by atoms with Gasteiger partial charge in [-0.3, -0.25) is 4.79 Å². The summed E-state index contributed by atoms with van der Waals surface area (Å²) < 4.78 is 5.41. The first-order valence-electron chi connectivity index (χ1n) is 11.0. The molecule has 1 aliphatic carbocycles. The number of aromatic nitrogens is 2. The second kappa shape index (κ2) is 9.95. The number of fused-ring (bicyclic) bond motifs is 1. The third-order valence-electron chi connectivity index (χ3n) is 6.21. The smallest absolute Gasteiger partial charge is 0.341 e. The van der Waals surface area contributed by atoms with Crippen LogP contribution in [0.2, 0.25) is 0 Å². The molecule has 4 rings (SSSR count). The predicted octanol–water partition coefficient (Wildman–Crippen LogP) is 1.65. The Kier molecular flexibility index (Phi) is 6.84. The molecule has 1 fully saturated rings. The number of carboxylic acids is 1. The number of allylic oxidation sites excluding steroid dienone is 1. The molecule has 3 heterocycles. The fourth-order valence-corrected chi connectivity index (χ4v) is 4.35. The number of carbonyl (C=O) groups is 2. The van der Waals surface area contributed by atoms with Crippen LogP contribution in [0.3, 0.4) is 0 Å². The lowest BCUT2D eigenvalue weighted by atomic mass is 9.86. The minimum Gasteiger partial charge on any atom is -0.481 e. The molecular formula is C23H29N5O4. The van der Waals surface area contributed by atoms with Crippen molar-refractivity contribution in [2.75, 3.05) is 31.6 Å². The number of aliphatic carboxylic acids is 1. The minimum atomic E-state index is -0.840. The molecule has 0 radical (unpaired) electrons. The Morgan fingerprint density at radius 1 is 1.25 bits per heavy atom. The summed E-state index contributed by atoms with van der Waals surface area (Å²) in [4.78, 5) is 34.2. The first kappa shape index (κ1) is 22.0. The van der Waals surface area contributed by atoms with Crippen LogP contribution in [0.5, 0.6) is 0 Å². The zero-order chi connectivity index (χ0) is 22.5. The largest absolute Gasteiger partial charge is 0.481 e. The van der Waals surface area contributed by atoms with Crippen LogP contribution in [0.25, 0.3) is 0 Å². The summed E-state index contributed by atoms with van der Waals surface area (Å²) in [6.45, 7) is 2.20. The molecule has 1 aromatic heterocycles. The highest BCUT2D eigenvalue weighted by Gasteiger charge is 2.29. The van der Waals surface area contributed by atoms with Gasteiger partial charge in [0.05, 0.1) is 24.6 Å². The summed E-state index contributed by atoms with van der Waals surface area (Å²) in [5.41, 5.74) is 2.20. The Morgan fingerprint density at radius 2 is 2.00 bits per heavy atom. The molecule has 170 valence electrons. The van der Waals surface area contributed by atoms with E-state index in [9.17, 15) is 9.59 Å². The SMILES string of the molecule is CN(c1ncc(C(=O)OCCC2=CC3C(CC(=O)O)=CNC3C=C2)cn1)C1CCNCC1. The van der Waals surface area contributed by atoms with Crippen LogP contribution in [-0.2, 0) is 9.53 Å². The molecule has 2 atom stereocenters. The van der Waals surface area contributed by atoms with Gasteiger partial charge in [-0.1, -0.05) is 18.2 Å². The monoisotopic (exact) mass is 439 g/mol. The molecule has 0 bridgehead atoms. The van der Waals surface area contributed by atoms with Crippen molar-refractivity contribution in [2.24, 2.45) is 5.92 Å². The lowest BCUT2D eigenvalue weighted by Gasteiger charge is -2.31. The molecule has 0 amide bonds. The topological polar surface area (TPSA) is 117 Å². The quantitative estimate of drug-likeness (QED) is 0.520. The molecule has 9 nitrogen and oxygen atoms in total. The van der Waals surface area contributed by atoms with Crippen LogP contribution in [0.1, 0.15) is 36.0 Å². The fraction of sp³-hybridized carbons (Fsp3) is 0.478. The molecule has 0 aromatic carbocycles. The van der Waals surface area contributed by atoms with Gasteiger partial charge in [-0.15, -0.1) is 0 Å². The van der Waals surface area contributed by atoms with Gasteiger partial charge >= 0.3 is 11.9 Å². The first-order chi connectivity index (χ1) is 15.5. The van der Waals surface area contributed by atoms with Crippen molar-refractivity contribution in [3.8, 4) is 0 Å². The number of anilines is 1. The van der Waals surface area contributed by atoms with Gasteiger partial charge in [-0.25, -0.2) is 14.8 Å². The number of carboxylic acid groups (broad SMARTS) is 1. The number of nitrogens with zero attached hydrogens (tertiary/aromatic N) is 3. The summed E-state index contributed by atoms with van der Waals surface area (Å²) >= 11 is 0.